The number of hydrogen-bond donors (Lipinski definition) is 2. The van der Waals surface area contributed by atoms with Crippen LogP contribution < -0.4 is 10.2 Å². The monoisotopic (exact) mass is 389 g/mol. The minimum Gasteiger partial charge on any atom is -0.330 e. The number of rotatable bonds is 6. The fourth-order valence-electron chi connectivity index (χ4n) is 2.72. The highest BCUT2D eigenvalue weighted by molar-refractivity contribution is 7.73. The first-order valence-electron chi connectivity index (χ1n) is 8.39. The summed E-state index contributed by atoms with van der Waals surface area (Å²) in [6, 6.07) is 12.8. The molecule has 0 saturated heterocycles. The van der Waals surface area contributed by atoms with Crippen molar-refractivity contribution in [1.29, 1.82) is 0 Å². The van der Waals surface area contributed by atoms with Crippen LogP contribution in [0.5, 0.6) is 0 Å². The number of nitrogens with zero attached hydrogens (tertiary/aromatic N) is 2. The molecule has 0 aliphatic rings. The van der Waals surface area contributed by atoms with Crippen LogP contribution >= 0.6 is 23.6 Å². The molecule has 1 unspecified atom stereocenters. The Kier molecular flexibility index (Phi) is 5.80. The van der Waals surface area contributed by atoms with Crippen molar-refractivity contribution in [2.45, 2.75) is 27.1 Å². The summed E-state index contributed by atoms with van der Waals surface area (Å²) in [6.07, 6.45) is 0. The molecule has 4 nitrogen and oxygen atoms in total. The fraction of sp³-hybridized carbons (Fsp3) is 0.263. The number of anilines is 2. The molecule has 3 rings (SSSR count). The lowest BCUT2D eigenvalue weighted by Crippen LogP contribution is -3.07. The number of quaternary nitrogens is 1. The van der Waals surface area contributed by atoms with E-state index in [2.05, 4.69) is 37.4 Å². The third kappa shape index (κ3) is 4.55. The molecule has 26 heavy (non-hydrogen) atoms. The van der Waals surface area contributed by atoms with E-state index in [0.29, 0.717) is 6.67 Å². The van der Waals surface area contributed by atoms with Crippen LogP contribution in [0.1, 0.15) is 16.7 Å². The average Bonchev–Trinajstić information content (AvgIpc) is 2.93. The first-order chi connectivity index (χ1) is 12.4. The molecule has 2 aromatic carbocycles. The summed E-state index contributed by atoms with van der Waals surface area (Å²) < 4.78 is 15.6. The third-order valence-corrected chi connectivity index (χ3v) is 5.51. The second-order valence-corrected chi connectivity index (χ2v) is 8.09. The van der Waals surface area contributed by atoms with Crippen molar-refractivity contribution in [3.8, 4) is 0 Å². The Bertz CT molecular complexity index is 947. The Balaban J connectivity index is 1.68. The first kappa shape index (κ1) is 18.7. The van der Waals surface area contributed by atoms with Gasteiger partial charge in [0.1, 0.15) is 12.4 Å². The van der Waals surface area contributed by atoms with Crippen molar-refractivity contribution in [2.24, 2.45) is 0 Å². The van der Waals surface area contributed by atoms with Crippen LogP contribution in [0, 0.1) is 23.6 Å². The molecule has 136 valence electrons. The highest BCUT2D eigenvalue weighted by Gasteiger charge is 2.11. The van der Waals surface area contributed by atoms with Gasteiger partial charge in [-0.05, 0) is 55.4 Å². The van der Waals surface area contributed by atoms with Gasteiger partial charge < -0.3 is 10.2 Å². The smallest absolute Gasteiger partial charge is 0.209 e. The predicted molar refractivity (Wildman–Crippen MR) is 107 cm³/mol. The minimum atomic E-state index is -0.213. The third-order valence-electron chi connectivity index (χ3n) is 4.29. The van der Waals surface area contributed by atoms with Gasteiger partial charge in [0.05, 0.1) is 7.05 Å². The lowest BCUT2D eigenvalue weighted by atomic mass is 10.1. The molecule has 0 aliphatic carbocycles. The summed E-state index contributed by atoms with van der Waals surface area (Å²) in [6.45, 7) is 5.61. The van der Waals surface area contributed by atoms with Crippen molar-refractivity contribution < 1.29 is 9.29 Å². The minimum absolute atomic E-state index is 0.213. The molecule has 0 spiro atoms. The van der Waals surface area contributed by atoms with Gasteiger partial charge in [0, 0.05) is 11.3 Å². The summed E-state index contributed by atoms with van der Waals surface area (Å²) >= 11 is 6.93. The van der Waals surface area contributed by atoms with E-state index in [9.17, 15) is 4.39 Å². The number of nitrogens with one attached hydrogen (secondary N) is 2. The quantitative estimate of drug-likeness (QED) is 0.629. The van der Waals surface area contributed by atoms with Gasteiger partial charge in [-0.15, -0.1) is 5.10 Å². The van der Waals surface area contributed by atoms with E-state index in [-0.39, 0.29) is 5.82 Å². The highest BCUT2D eigenvalue weighted by atomic mass is 32.1. The van der Waals surface area contributed by atoms with Gasteiger partial charge in [0.15, 0.2) is 10.6 Å². The van der Waals surface area contributed by atoms with Gasteiger partial charge in [-0.2, -0.15) is 4.68 Å². The second kappa shape index (κ2) is 8.07. The molecule has 1 atom stereocenters. The zero-order chi connectivity index (χ0) is 18.7. The lowest BCUT2D eigenvalue weighted by molar-refractivity contribution is -0.917. The largest absolute Gasteiger partial charge is 0.330 e. The Morgan fingerprint density at radius 3 is 2.65 bits per heavy atom. The zero-order valence-electron chi connectivity index (χ0n) is 15.0. The molecule has 0 bridgehead atoms. The number of aromatic nitrogens is 2. The molecule has 2 N–H and O–H groups in total. The summed E-state index contributed by atoms with van der Waals surface area (Å²) in [4.78, 5) is 1.22. The maximum Gasteiger partial charge on any atom is 0.209 e. The van der Waals surface area contributed by atoms with Crippen LogP contribution in [-0.4, -0.2) is 16.8 Å². The summed E-state index contributed by atoms with van der Waals surface area (Å²) in [5.74, 6) is -0.213. The Hall–Kier alpha value is -2.09. The molecule has 1 heterocycles. The van der Waals surface area contributed by atoms with E-state index in [4.69, 9.17) is 12.2 Å². The topological polar surface area (TPSA) is 34.3 Å². The van der Waals surface area contributed by atoms with Crippen molar-refractivity contribution in [3.05, 3.63) is 68.9 Å². The summed E-state index contributed by atoms with van der Waals surface area (Å²) in [5.41, 5.74) is 4.58. The highest BCUT2D eigenvalue weighted by Crippen LogP contribution is 2.24. The first-order valence-corrected chi connectivity index (χ1v) is 9.62. The van der Waals surface area contributed by atoms with E-state index >= 15 is 0 Å². The lowest BCUT2D eigenvalue weighted by Gasteiger charge is -2.13. The van der Waals surface area contributed by atoms with Gasteiger partial charge >= 0.3 is 0 Å². The van der Waals surface area contributed by atoms with Gasteiger partial charge in [-0.1, -0.05) is 35.6 Å². The Morgan fingerprint density at radius 2 is 1.92 bits per heavy atom. The van der Waals surface area contributed by atoms with E-state index < -0.39 is 0 Å². The van der Waals surface area contributed by atoms with Crippen LogP contribution in [0.4, 0.5) is 15.2 Å². The average molecular weight is 390 g/mol. The van der Waals surface area contributed by atoms with Crippen molar-refractivity contribution in [2.75, 3.05) is 12.4 Å². The second-order valence-electron chi connectivity index (χ2n) is 6.46. The maximum atomic E-state index is 13.0. The summed E-state index contributed by atoms with van der Waals surface area (Å²) in [7, 11) is 2.07. The van der Waals surface area contributed by atoms with Crippen LogP contribution in [0.2, 0.25) is 0 Å². The predicted octanol–water partition coefficient (Wildman–Crippen LogP) is 3.85. The fourth-order valence-corrected chi connectivity index (χ4v) is 3.74. The van der Waals surface area contributed by atoms with E-state index in [0.717, 1.165) is 26.9 Å². The standard InChI is InChI=1S/C19H21FN4S2/c1-13-5-4-6-17(14(13)2)21-18-22-24(19(25)26-18)12-23(3)11-15-7-9-16(20)10-8-15/h4-10H,11-12H2,1-3H3,(H,21,22)/p+1. The summed E-state index contributed by atoms with van der Waals surface area (Å²) in [5, 5.41) is 8.77. The molecule has 0 aliphatic heterocycles. The van der Waals surface area contributed by atoms with Crippen LogP contribution in [0.3, 0.4) is 0 Å². The molecule has 7 heteroatoms. The number of benzene rings is 2. The van der Waals surface area contributed by atoms with Gasteiger partial charge in [0.2, 0.25) is 5.13 Å². The number of hydrogen-bond acceptors (Lipinski definition) is 4. The maximum absolute atomic E-state index is 13.0. The normalized spacial score (nSPS) is 12.2. The SMILES string of the molecule is Cc1cccc(Nc2nn(C[NH+](C)Cc3ccc(F)cc3)c(=S)s2)c1C. The molecular formula is C19H22FN4S2+. The number of aryl methyl sites for hydroxylation is 1. The van der Waals surface area contributed by atoms with Crippen LogP contribution in [-0.2, 0) is 13.2 Å². The molecule has 0 amide bonds. The molecule has 3 aromatic rings. The molecule has 0 radical (unpaired) electrons. The number of halogens is 1. The van der Waals surface area contributed by atoms with Gasteiger partial charge in [-0.25, -0.2) is 4.39 Å². The van der Waals surface area contributed by atoms with E-state index in [1.807, 2.05) is 28.9 Å². The van der Waals surface area contributed by atoms with Crippen molar-refractivity contribution >= 4 is 34.4 Å². The Morgan fingerprint density at radius 1 is 1.19 bits per heavy atom. The van der Waals surface area contributed by atoms with Crippen molar-refractivity contribution in [1.82, 2.24) is 9.78 Å². The molecular weight excluding hydrogens is 367 g/mol. The zero-order valence-corrected chi connectivity index (χ0v) is 16.7. The molecule has 1 aromatic heterocycles. The van der Waals surface area contributed by atoms with Crippen LogP contribution in [0.15, 0.2) is 42.5 Å². The van der Waals surface area contributed by atoms with Crippen molar-refractivity contribution in [3.63, 3.8) is 0 Å². The molecule has 0 saturated carbocycles. The molecule has 0 fully saturated rings. The van der Waals surface area contributed by atoms with E-state index in [1.54, 1.807) is 0 Å². The van der Waals surface area contributed by atoms with Crippen LogP contribution in [0.25, 0.3) is 0 Å². The van der Waals surface area contributed by atoms with Gasteiger partial charge in [0.25, 0.3) is 0 Å². The Labute approximate surface area is 161 Å². The van der Waals surface area contributed by atoms with Gasteiger partial charge in [-0.3, -0.25) is 0 Å². The van der Waals surface area contributed by atoms with E-state index in [1.165, 1.54) is 39.5 Å².